The van der Waals surface area contributed by atoms with Gasteiger partial charge in [0.25, 0.3) is 0 Å². The average molecular weight is 477 g/mol. The van der Waals surface area contributed by atoms with Crippen molar-refractivity contribution in [2.75, 3.05) is 13.2 Å². The molecule has 3 heterocycles. The molecule has 12 nitrogen and oxygen atoms in total. The number of benzene rings is 1. The van der Waals surface area contributed by atoms with Gasteiger partial charge in [0.1, 0.15) is 15.4 Å². The van der Waals surface area contributed by atoms with E-state index in [1.54, 1.807) is 42.0 Å². The zero-order chi connectivity index (χ0) is 23.1. The molecule has 1 aliphatic heterocycles. The predicted molar refractivity (Wildman–Crippen MR) is 117 cm³/mol. The van der Waals surface area contributed by atoms with E-state index in [-0.39, 0.29) is 24.6 Å². The van der Waals surface area contributed by atoms with Gasteiger partial charge in [0, 0.05) is 31.2 Å². The first-order chi connectivity index (χ1) is 15.1. The van der Waals surface area contributed by atoms with Gasteiger partial charge in [0.05, 0.1) is 5.56 Å². The number of azo groups is 1. The fourth-order valence-electron chi connectivity index (χ4n) is 3.28. The number of sulfonamides is 2. The molecule has 14 heteroatoms. The number of nitrogens with two attached hydrogens (primary N) is 2. The third-order valence-electron chi connectivity index (χ3n) is 4.66. The molecule has 0 radical (unpaired) electrons. The third kappa shape index (κ3) is 4.18. The minimum Gasteiger partial charge on any atom is -0.327 e. The van der Waals surface area contributed by atoms with Crippen molar-refractivity contribution in [2.45, 2.75) is 22.8 Å². The first kappa shape index (κ1) is 22.2. The second-order valence-corrected chi connectivity index (χ2v) is 10.4. The first-order valence-corrected chi connectivity index (χ1v) is 12.4. The van der Waals surface area contributed by atoms with E-state index in [1.807, 2.05) is 0 Å². The molecule has 1 aromatic carbocycles. The Morgan fingerprint density at radius 3 is 2.62 bits per heavy atom. The van der Waals surface area contributed by atoms with E-state index in [4.69, 9.17) is 10.9 Å². The van der Waals surface area contributed by atoms with Gasteiger partial charge in [0.2, 0.25) is 20.0 Å². The maximum Gasteiger partial charge on any atom is 0.241 e. The highest BCUT2D eigenvalue weighted by Gasteiger charge is 2.32. The van der Waals surface area contributed by atoms with Gasteiger partial charge in [-0.05, 0) is 36.2 Å². The van der Waals surface area contributed by atoms with Crippen LogP contribution in [0.2, 0.25) is 0 Å². The lowest BCUT2D eigenvalue weighted by atomic mass is 10.00. The van der Waals surface area contributed by atoms with Crippen molar-refractivity contribution in [2.24, 2.45) is 26.1 Å². The SMILES string of the molecule is C[C@@H](N)CNS(=O)(=O)c1ccc(-c2ccc3nccn3c2)c(C2=NCN=N2)c1S(N)(=O)=O. The normalized spacial score (nSPS) is 15.3. The number of hydrogen-bond acceptors (Lipinski definition) is 9. The zero-order valence-electron chi connectivity index (χ0n) is 16.9. The van der Waals surface area contributed by atoms with E-state index < -0.39 is 35.9 Å². The summed E-state index contributed by atoms with van der Waals surface area (Å²) in [6.07, 6.45) is 5.07. The van der Waals surface area contributed by atoms with Crippen LogP contribution in [0.15, 0.2) is 67.9 Å². The molecule has 4 rings (SSSR count). The third-order valence-corrected chi connectivity index (χ3v) is 7.25. The Kier molecular flexibility index (Phi) is 5.64. The summed E-state index contributed by atoms with van der Waals surface area (Å²) in [5.41, 5.74) is 7.23. The highest BCUT2D eigenvalue weighted by atomic mass is 32.2. The second kappa shape index (κ2) is 8.14. The summed E-state index contributed by atoms with van der Waals surface area (Å²) in [6, 6.07) is 5.65. The van der Waals surface area contributed by atoms with Crippen LogP contribution in [-0.4, -0.2) is 51.3 Å². The Morgan fingerprint density at radius 2 is 1.97 bits per heavy atom. The van der Waals surface area contributed by atoms with Crippen molar-refractivity contribution in [3.63, 3.8) is 0 Å². The summed E-state index contributed by atoms with van der Waals surface area (Å²) in [5.74, 6) is -0.0287. The van der Waals surface area contributed by atoms with Gasteiger partial charge < -0.3 is 10.1 Å². The van der Waals surface area contributed by atoms with Crippen molar-refractivity contribution >= 4 is 31.5 Å². The number of rotatable bonds is 7. The summed E-state index contributed by atoms with van der Waals surface area (Å²) >= 11 is 0. The summed E-state index contributed by atoms with van der Waals surface area (Å²) in [6.45, 7) is 1.50. The van der Waals surface area contributed by atoms with Crippen LogP contribution < -0.4 is 15.6 Å². The molecule has 2 aromatic heterocycles. The van der Waals surface area contributed by atoms with Crippen LogP contribution in [0.1, 0.15) is 12.5 Å². The van der Waals surface area contributed by atoms with Crippen LogP contribution in [0.25, 0.3) is 16.8 Å². The monoisotopic (exact) mass is 476 g/mol. The van der Waals surface area contributed by atoms with E-state index in [1.165, 1.54) is 12.1 Å². The van der Waals surface area contributed by atoms with Crippen LogP contribution in [0.4, 0.5) is 0 Å². The van der Waals surface area contributed by atoms with E-state index in [9.17, 15) is 16.8 Å². The van der Waals surface area contributed by atoms with Crippen molar-refractivity contribution in [3.05, 3.63) is 48.4 Å². The van der Waals surface area contributed by atoms with Crippen LogP contribution in [0, 0.1) is 0 Å². The summed E-state index contributed by atoms with van der Waals surface area (Å²) in [5, 5.41) is 13.2. The number of imidazole rings is 1. The van der Waals surface area contributed by atoms with Gasteiger partial charge in [-0.15, -0.1) is 5.11 Å². The molecule has 32 heavy (non-hydrogen) atoms. The molecular weight excluding hydrogens is 456 g/mol. The van der Waals surface area contributed by atoms with Crippen molar-refractivity contribution in [1.82, 2.24) is 14.1 Å². The Hall–Kier alpha value is -3.04. The van der Waals surface area contributed by atoms with Crippen LogP contribution in [0.5, 0.6) is 0 Å². The van der Waals surface area contributed by atoms with Gasteiger partial charge in [-0.3, -0.25) is 0 Å². The molecule has 1 atom stereocenters. The van der Waals surface area contributed by atoms with E-state index in [0.717, 1.165) is 0 Å². The quantitative estimate of drug-likeness (QED) is 0.444. The molecule has 1 aliphatic rings. The highest BCUT2D eigenvalue weighted by molar-refractivity contribution is 7.92. The van der Waals surface area contributed by atoms with Crippen LogP contribution in [-0.2, 0) is 20.0 Å². The number of nitrogens with zero attached hydrogens (tertiary/aromatic N) is 5. The number of fused-ring (bicyclic) bond motifs is 1. The minimum atomic E-state index is -4.54. The van der Waals surface area contributed by atoms with Crippen molar-refractivity contribution in [3.8, 4) is 11.1 Å². The molecule has 0 saturated heterocycles. The molecule has 5 N–H and O–H groups in total. The smallest absolute Gasteiger partial charge is 0.241 e. The second-order valence-electron chi connectivity index (χ2n) is 7.16. The molecule has 0 saturated carbocycles. The highest BCUT2D eigenvalue weighted by Crippen LogP contribution is 2.35. The van der Waals surface area contributed by atoms with Crippen LogP contribution >= 0.6 is 0 Å². The topological polar surface area (TPSA) is 187 Å². The molecule has 0 amide bonds. The molecule has 0 bridgehead atoms. The summed E-state index contributed by atoms with van der Waals surface area (Å²) in [7, 11) is -8.81. The number of hydrogen-bond donors (Lipinski definition) is 3. The maximum atomic E-state index is 13.0. The Morgan fingerprint density at radius 1 is 1.19 bits per heavy atom. The maximum absolute atomic E-state index is 13.0. The zero-order valence-corrected chi connectivity index (χ0v) is 18.5. The Balaban J connectivity index is 2.03. The fourth-order valence-corrected chi connectivity index (χ4v) is 6.02. The Labute approximate surface area is 184 Å². The molecule has 0 unspecified atom stereocenters. The van der Waals surface area contributed by atoms with E-state index in [0.29, 0.717) is 16.8 Å². The number of pyridine rings is 1. The van der Waals surface area contributed by atoms with Crippen molar-refractivity contribution < 1.29 is 16.8 Å². The number of nitrogens with one attached hydrogen (secondary N) is 1. The van der Waals surface area contributed by atoms with E-state index in [2.05, 4.69) is 24.9 Å². The fraction of sp³-hybridized carbons (Fsp3) is 0.222. The molecule has 3 aromatic rings. The number of amidine groups is 1. The lowest BCUT2D eigenvalue weighted by Crippen LogP contribution is -2.36. The molecule has 168 valence electrons. The number of aromatic nitrogens is 2. The first-order valence-electron chi connectivity index (χ1n) is 9.38. The van der Waals surface area contributed by atoms with Gasteiger partial charge in [-0.25, -0.2) is 36.7 Å². The molecular formula is C18H20N8O4S2. The number of primary sulfonamides is 1. The van der Waals surface area contributed by atoms with Gasteiger partial charge >= 0.3 is 0 Å². The number of aliphatic imine (C=N–C) groups is 1. The average Bonchev–Trinajstić information content (AvgIpc) is 3.42. The van der Waals surface area contributed by atoms with Gasteiger partial charge in [0.15, 0.2) is 12.5 Å². The lowest BCUT2D eigenvalue weighted by molar-refractivity contribution is 0.567. The largest absolute Gasteiger partial charge is 0.327 e. The standard InChI is InChI=1S/C18H20N8O4S2/c1-11(19)8-24-32(29,30)14-4-3-13(12-2-5-15-21-6-7-26(15)9-12)16(17(14)31(20,27)28)18-22-10-23-25-18/h2-7,9,11,24H,8,10,19H2,1H3,(H2,20,27,28)/t11-/m1/s1. The molecule has 0 fully saturated rings. The molecule has 0 spiro atoms. The Bertz CT molecular complexity index is 1470. The predicted octanol–water partition coefficient (Wildman–Crippen LogP) is 0.444. The summed E-state index contributed by atoms with van der Waals surface area (Å²) in [4.78, 5) is 7.17. The van der Waals surface area contributed by atoms with Crippen molar-refractivity contribution in [1.29, 1.82) is 0 Å². The van der Waals surface area contributed by atoms with E-state index >= 15 is 0 Å². The summed E-state index contributed by atoms with van der Waals surface area (Å²) < 4.78 is 55.4. The molecule has 0 aliphatic carbocycles. The minimum absolute atomic E-state index is 0.0146. The van der Waals surface area contributed by atoms with Gasteiger partial charge in [-0.2, -0.15) is 5.11 Å². The van der Waals surface area contributed by atoms with Gasteiger partial charge in [-0.1, -0.05) is 6.07 Å². The van der Waals surface area contributed by atoms with Crippen LogP contribution in [0.3, 0.4) is 0 Å². The lowest BCUT2D eigenvalue weighted by Gasteiger charge is -2.17.